The van der Waals surface area contributed by atoms with Crippen LogP contribution in [0.1, 0.15) is 40.2 Å². The van der Waals surface area contributed by atoms with Crippen LogP contribution >= 0.6 is 0 Å². The van der Waals surface area contributed by atoms with E-state index < -0.39 is 11.5 Å². The van der Waals surface area contributed by atoms with Crippen LogP contribution in [0.25, 0.3) is 0 Å². The van der Waals surface area contributed by atoms with Crippen LogP contribution in [-0.4, -0.2) is 43.5 Å². The highest BCUT2D eigenvalue weighted by Crippen LogP contribution is 2.28. The first-order chi connectivity index (χ1) is 11.6. The topological polar surface area (TPSA) is 67.9 Å². The van der Waals surface area contributed by atoms with Gasteiger partial charge in [-0.25, -0.2) is 0 Å². The van der Waals surface area contributed by atoms with Crippen molar-refractivity contribution >= 4 is 11.8 Å². The maximum Gasteiger partial charge on any atom is 0.245 e. The second-order valence-electron chi connectivity index (χ2n) is 6.99. The number of nitrogens with one attached hydrogen (secondary N) is 1. The number of methoxy groups -OCH3 is 2. The largest absolute Gasteiger partial charge is 0.493 e. The van der Waals surface area contributed by atoms with Crippen molar-refractivity contribution in [1.82, 2.24) is 10.2 Å². The molecule has 0 aliphatic carbocycles. The molecule has 0 aliphatic heterocycles. The predicted octanol–water partition coefficient (Wildman–Crippen LogP) is 2.60. The molecule has 6 heteroatoms. The number of amides is 2. The summed E-state index contributed by atoms with van der Waals surface area (Å²) in [5.41, 5.74) is 0.400. The summed E-state index contributed by atoms with van der Waals surface area (Å²) >= 11 is 0. The first-order valence-electron chi connectivity index (χ1n) is 8.44. The van der Waals surface area contributed by atoms with Gasteiger partial charge in [0.1, 0.15) is 6.04 Å². The van der Waals surface area contributed by atoms with E-state index >= 15 is 0 Å². The van der Waals surface area contributed by atoms with Gasteiger partial charge < -0.3 is 19.7 Å². The van der Waals surface area contributed by atoms with E-state index in [0.717, 1.165) is 5.56 Å². The molecular weight excluding hydrogens is 320 g/mol. The van der Waals surface area contributed by atoms with Crippen molar-refractivity contribution in [2.24, 2.45) is 5.41 Å². The fourth-order valence-corrected chi connectivity index (χ4v) is 2.29. The average Bonchev–Trinajstić information content (AvgIpc) is 2.57. The summed E-state index contributed by atoms with van der Waals surface area (Å²) in [4.78, 5) is 26.5. The molecule has 0 spiro atoms. The highest BCUT2D eigenvalue weighted by atomic mass is 16.5. The highest BCUT2D eigenvalue weighted by molar-refractivity contribution is 5.89. The van der Waals surface area contributed by atoms with E-state index in [4.69, 9.17) is 9.47 Å². The van der Waals surface area contributed by atoms with Crippen LogP contribution in [-0.2, 0) is 16.1 Å². The zero-order valence-electron chi connectivity index (χ0n) is 16.3. The van der Waals surface area contributed by atoms with Crippen LogP contribution < -0.4 is 14.8 Å². The third kappa shape index (κ3) is 5.66. The van der Waals surface area contributed by atoms with Crippen LogP contribution in [0.2, 0.25) is 0 Å². The maximum atomic E-state index is 12.7. The van der Waals surface area contributed by atoms with Crippen molar-refractivity contribution < 1.29 is 19.1 Å². The molecule has 1 N–H and O–H groups in total. The van der Waals surface area contributed by atoms with Gasteiger partial charge in [0.25, 0.3) is 0 Å². The van der Waals surface area contributed by atoms with E-state index in [1.807, 2.05) is 45.9 Å². The van der Waals surface area contributed by atoms with Crippen LogP contribution in [0, 0.1) is 5.41 Å². The Balaban J connectivity index is 2.84. The summed E-state index contributed by atoms with van der Waals surface area (Å²) in [7, 11) is 3.16. The summed E-state index contributed by atoms with van der Waals surface area (Å²) < 4.78 is 10.5. The maximum absolute atomic E-state index is 12.7. The fourth-order valence-electron chi connectivity index (χ4n) is 2.29. The van der Waals surface area contributed by atoms with Crippen molar-refractivity contribution in [3.8, 4) is 11.5 Å². The van der Waals surface area contributed by atoms with Crippen LogP contribution in [0.4, 0.5) is 0 Å². The number of benzene rings is 1. The lowest BCUT2D eigenvalue weighted by atomic mass is 9.95. The van der Waals surface area contributed by atoms with E-state index in [1.54, 1.807) is 26.0 Å². The van der Waals surface area contributed by atoms with Crippen LogP contribution in [0.5, 0.6) is 11.5 Å². The lowest BCUT2D eigenvalue weighted by Gasteiger charge is -2.27. The SMILES string of the molecule is CCN(Cc1ccc(OC)c(OC)c1)C(=O)C(C)NC(=O)C(C)(C)C. The Bertz CT molecular complexity index is 608. The molecule has 1 aromatic carbocycles. The molecule has 0 aliphatic rings. The van der Waals surface area contributed by atoms with Gasteiger partial charge in [-0.2, -0.15) is 0 Å². The van der Waals surface area contributed by atoms with Crippen molar-refractivity contribution in [3.63, 3.8) is 0 Å². The van der Waals surface area contributed by atoms with Gasteiger partial charge in [0.15, 0.2) is 11.5 Å². The van der Waals surface area contributed by atoms with Crippen molar-refractivity contribution in [1.29, 1.82) is 0 Å². The summed E-state index contributed by atoms with van der Waals surface area (Å²) in [6.07, 6.45) is 0. The van der Waals surface area contributed by atoms with E-state index in [0.29, 0.717) is 24.6 Å². The number of likely N-dealkylation sites (N-methyl/N-ethyl adjacent to an activating group) is 1. The molecule has 0 heterocycles. The quantitative estimate of drug-likeness (QED) is 0.821. The van der Waals surface area contributed by atoms with Crippen molar-refractivity contribution in [3.05, 3.63) is 23.8 Å². The minimum absolute atomic E-state index is 0.116. The summed E-state index contributed by atoms with van der Waals surface area (Å²) in [5, 5.41) is 2.79. The normalized spacial score (nSPS) is 12.3. The lowest BCUT2D eigenvalue weighted by Crippen LogP contribution is -2.49. The van der Waals surface area contributed by atoms with E-state index in [-0.39, 0.29) is 11.8 Å². The molecule has 1 atom stereocenters. The standard InChI is InChI=1S/C19H30N2O4/c1-8-21(17(22)13(2)20-18(23)19(3,4)5)12-14-9-10-15(24-6)16(11-14)25-7/h9-11,13H,8,12H2,1-7H3,(H,20,23). The van der Waals surface area contributed by atoms with Crippen molar-refractivity contribution in [2.75, 3.05) is 20.8 Å². The number of ether oxygens (including phenoxy) is 2. The number of carbonyl (C=O) groups is 2. The second-order valence-corrected chi connectivity index (χ2v) is 6.99. The van der Waals surface area contributed by atoms with E-state index in [1.165, 1.54) is 0 Å². The van der Waals surface area contributed by atoms with Crippen LogP contribution in [0.15, 0.2) is 18.2 Å². The fraction of sp³-hybridized carbons (Fsp3) is 0.579. The molecule has 6 nitrogen and oxygen atoms in total. The van der Waals surface area contributed by atoms with Crippen molar-refractivity contribution in [2.45, 2.75) is 47.2 Å². The third-order valence-electron chi connectivity index (χ3n) is 3.91. The molecule has 0 saturated carbocycles. The Morgan fingerprint density at radius 3 is 2.24 bits per heavy atom. The molecular formula is C19H30N2O4. The van der Waals surface area contributed by atoms with Gasteiger partial charge in [0.05, 0.1) is 14.2 Å². The van der Waals surface area contributed by atoms with Gasteiger partial charge >= 0.3 is 0 Å². The van der Waals surface area contributed by atoms with Gasteiger partial charge in [-0.05, 0) is 31.5 Å². The first kappa shape index (κ1) is 20.8. The molecule has 2 amide bonds. The van der Waals surface area contributed by atoms with Gasteiger partial charge in [-0.15, -0.1) is 0 Å². The predicted molar refractivity (Wildman–Crippen MR) is 97.7 cm³/mol. The monoisotopic (exact) mass is 350 g/mol. The summed E-state index contributed by atoms with van der Waals surface area (Å²) in [6, 6.07) is 4.99. The number of hydrogen-bond acceptors (Lipinski definition) is 4. The molecule has 1 unspecified atom stereocenters. The Labute approximate surface area is 150 Å². The van der Waals surface area contributed by atoms with Crippen LogP contribution in [0.3, 0.4) is 0 Å². The Hall–Kier alpha value is -2.24. The Morgan fingerprint density at radius 2 is 1.76 bits per heavy atom. The Morgan fingerprint density at radius 1 is 1.16 bits per heavy atom. The molecule has 0 radical (unpaired) electrons. The van der Waals surface area contributed by atoms with E-state index in [9.17, 15) is 9.59 Å². The highest BCUT2D eigenvalue weighted by Gasteiger charge is 2.27. The molecule has 0 fully saturated rings. The van der Waals surface area contributed by atoms with Gasteiger partial charge in [0.2, 0.25) is 11.8 Å². The molecule has 25 heavy (non-hydrogen) atoms. The van der Waals surface area contributed by atoms with Gasteiger partial charge in [-0.3, -0.25) is 9.59 Å². The molecule has 140 valence electrons. The zero-order valence-corrected chi connectivity index (χ0v) is 16.3. The lowest BCUT2D eigenvalue weighted by molar-refractivity contribution is -0.138. The first-order valence-corrected chi connectivity index (χ1v) is 8.44. The number of carbonyl (C=O) groups excluding carboxylic acids is 2. The smallest absolute Gasteiger partial charge is 0.245 e. The van der Waals surface area contributed by atoms with E-state index in [2.05, 4.69) is 5.32 Å². The minimum Gasteiger partial charge on any atom is -0.493 e. The average molecular weight is 350 g/mol. The minimum atomic E-state index is -0.577. The van der Waals surface area contributed by atoms with Gasteiger partial charge in [0, 0.05) is 18.5 Å². The molecule has 0 aromatic heterocycles. The summed E-state index contributed by atoms with van der Waals surface area (Å²) in [5.74, 6) is 1.01. The number of hydrogen-bond donors (Lipinski definition) is 1. The molecule has 1 aromatic rings. The Kier molecular flexibility index (Phi) is 7.27. The second kappa shape index (κ2) is 8.74. The van der Waals surface area contributed by atoms with Gasteiger partial charge in [-0.1, -0.05) is 26.8 Å². The third-order valence-corrected chi connectivity index (χ3v) is 3.91. The molecule has 1 rings (SSSR count). The molecule has 0 saturated heterocycles. The summed E-state index contributed by atoms with van der Waals surface area (Å²) in [6.45, 7) is 10.1. The zero-order chi connectivity index (χ0) is 19.2. The number of nitrogens with zero attached hydrogens (tertiary/aromatic N) is 1. The molecule has 0 bridgehead atoms. The number of rotatable bonds is 7.